The van der Waals surface area contributed by atoms with Crippen LogP contribution in [0.5, 0.6) is 0 Å². The number of benzene rings is 1. The van der Waals surface area contributed by atoms with E-state index in [1.165, 1.54) is 24.3 Å². The molecule has 0 bridgehead atoms. The van der Waals surface area contributed by atoms with Crippen molar-refractivity contribution in [3.63, 3.8) is 0 Å². The standard InChI is InChI=1S/C10H10F2O2/c1-10(11,12)6-7-2-4-8(5-3-7)9(13)14/h2-5H,6H2,1H3,(H,13,14). The lowest BCUT2D eigenvalue weighted by atomic mass is 10.1. The predicted octanol–water partition coefficient (Wildman–Crippen LogP) is 2.58. The Bertz CT molecular complexity index is 325. The van der Waals surface area contributed by atoms with Crippen molar-refractivity contribution in [2.45, 2.75) is 19.3 Å². The Labute approximate surface area is 80.2 Å². The van der Waals surface area contributed by atoms with Gasteiger partial charge in [0.25, 0.3) is 0 Å². The molecule has 1 aromatic rings. The fraction of sp³-hybridized carbons (Fsp3) is 0.300. The van der Waals surface area contributed by atoms with E-state index in [0.717, 1.165) is 6.92 Å². The molecule has 0 saturated carbocycles. The summed E-state index contributed by atoms with van der Waals surface area (Å²) in [6, 6.07) is 5.45. The monoisotopic (exact) mass is 200 g/mol. The van der Waals surface area contributed by atoms with Crippen LogP contribution in [0.15, 0.2) is 24.3 Å². The number of rotatable bonds is 3. The van der Waals surface area contributed by atoms with Gasteiger partial charge in [-0.05, 0) is 24.6 Å². The molecule has 0 aromatic heterocycles. The van der Waals surface area contributed by atoms with Crippen LogP contribution in [0.25, 0.3) is 0 Å². The minimum Gasteiger partial charge on any atom is -0.478 e. The van der Waals surface area contributed by atoms with Crippen LogP contribution in [0, 0.1) is 0 Å². The molecule has 0 unspecified atom stereocenters. The van der Waals surface area contributed by atoms with Crippen molar-refractivity contribution in [1.82, 2.24) is 0 Å². The third-order valence-corrected chi connectivity index (χ3v) is 1.72. The first-order valence-electron chi connectivity index (χ1n) is 4.08. The molecule has 0 aliphatic rings. The summed E-state index contributed by atoms with van der Waals surface area (Å²) in [7, 11) is 0. The third-order valence-electron chi connectivity index (χ3n) is 1.72. The van der Waals surface area contributed by atoms with Crippen molar-refractivity contribution in [2.75, 3.05) is 0 Å². The van der Waals surface area contributed by atoms with E-state index >= 15 is 0 Å². The molecule has 0 aliphatic heterocycles. The quantitative estimate of drug-likeness (QED) is 0.814. The smallest absolute Gasteiger partial charge is 0.335 e. The van der Waals surface area contributed by atoms with E-state index in [9.17, 15) is 13.6 Å². The van der Waals surface area contributed by atoms with E-state index < -0.39 is 11.9 Å². The van der Waals surface area contributed by atoms with Crippen molar-refractivity contribution in [2.24, 2.45) is 0 Å². The van der Waals surface area contributed by atoms with Crippen LogP contribution >= 0.6 is 0 Å². The Hall–Kier alpha value is -1.45. The summed E-state index contributed by atoms with van der Waals surface area (Å²) in [5, 5.41) is 8.56. The van der Waals surface area contributed by atoms with Crippen molar-refractivity contribution in [1.29, 1.82) is 0 Å². The van der Waals surface area contributed by atoms with Crippen LogP contribution < -0.4 is 0 Å². The first-order valence-corrected chi connectivity index (χ1v) is 4.08. The molecule has 1 N–H and O–H groups in total. The predicted molar refractivity (Wildman–Crippen MR) is 47.7 cm³/mol. The zero-order chi connectivity index (χ0) is 10.8. The van der Waals surface area contributed by atoms with Gasteiger partial charge in [0.2, 0.25) is 5.92 Å². The summed E-state index contributed by atoms with van der Waals surface area (Å²) >= 11 is 0. The molecule has 76 valence electrons. The molecule has 0 saturated heterocycles. The molecular weight excluding hydrogens is 190 g/mol. The van der Waals surface area contributed by atoms with Gasteiger partial charge in [-0.3, -0.25) is 0 Å². The number of alkyl halides is 2. The van der Waals surface area contributed by atoms with Gasteiger partial charge >= 0.3 is 5.97 Å². The van der Waals surface area contributed by atoms with E-state index in [1.807, 2.05) is 0 Å². The first kappa shape index (κ1) is 10.6. The number of carboxylic acid groups (broad SMARTS) is 1. The highest BCUT2D eigenvalue weighted by molar-refractivity contribution is 5.87. The molecule has 0 aliphatic carbocycles. The zero-order valence-corrected chi connectivity index (χ0v) is 7.63. The minimum atomic E-state index is -2.76. The number of halogens is 2. The van der Waals surface area contributed by atoms with Crippen molar-refractivity contribution >= 4 is 5.97 Å². The van der Waals surface area contributed by atoms with Gasteiger partial charge in [0.1, 0.15) is 0 Å². The Kier molecular flexibility index (Phi) is 2.84. The summed E-state index contributed by atoms with van der Waals surface area (Å²) < 4.78 is 25.1. The molecule has 14 heavy (non-hydrogen) atoms. The fourth-order valence-corrected chi connectivity index (χ4v) is 1.12. The second-order valence-corrected chi connectivity index (χ2v) is 3.25. The van der Waals surface area contributed by atoms with Crippen LogP contribution in [0.3, 0.4) is 0 Å². The van der Waals surface area contributed by atoms with Crippen LogP contribution in [-0.4, -0.2) is 17.0 Å². The van der Waals surface area contributed by atoms with E-state index in [-0.39, 0.29) is 12.0 Å². The van der Waals surface area contributed by atoms with E-state index in [4.69, 9.17) is 5.11 Å². The summed E-state index contributed by atoms with van der Waals surface area (Å²) in [6.07, 6.45) is -0.368. The highest BCUT2D eigenvalue weighted by atomic mass is 19.3. The first-order chi connectivity index (χ1) is 6.38. The van der Waals surface area contributed by atoms with Gasteiger partial charge in [-0.1, -0.05) is 12.1 Å². The van der Waals surface area contributed by atoms with Crippen LogP contribution in [0.2, 0.25) is 0 Å². The van der Waals surface area contributed by atoms with Crippen molar-refractivity contribution < 1.29 is 18.7 Å². The number of hydrogen-bond acceptors (Lipinski definition) is 1. The van der Waals surface area contributed by atoms with Crippen molar-refractivity contribution in [3.8, 4) is 0 Å². The van der Waals surface area contributed by atoms with E-state index in [0.29, 0.717) is 5.56 Å². The Morgan fingerprint density at radius 2 is 1.86 bits per heavy atom. The molecule has 0 amide bonds. The van der Waals surface area contributed by atoms with Crippen LogP contribution in [0.1, 0.15) is 22.8 Å². The molecule has 4 heteroatoms. The van der Waals surface area contributed by atoms with Crippen LogP contribution in [0.4, 0.5) is 8.78 Å². The van der Waals surface area contributed by atoms with Gasteiger partial charge in [0, 0.05) is 6.42 Å². The summed E-state index contributed by atoms with van der Waals surface area (Å²) in [4.78, 5) is 10.4. The lowest BCUT2D eigenvalue weighted by molar-refractivity contribution is 0.0226. The lowest BCUT2D eigenvalue weighted by Gasteiger charge is -2.09. The number of aromatic carboxylic acids is 1. The molecule has 2 nitrogen and oxygen atoms in total. The second kappa shape index (κ2) is 3.74. The lowest BCUT2D eigenvalue weighted by Crippen LogP contribution is -2.13. The van der Waals surface area contributed by atoms with Gasteiger partial charge in [0.05, 0.1) is 5.56 Å². The topological polar surface area (TPSA) is 37.3 Å². The zero-order valence-electron chi connectivity index (χ0n) is 7.63. The Morgan fingerprint density at radius 1 is 1.36 bits per heavy atom. The molecule has 1 rings (SSSR count). The van der Waals surface area contributed by atoms with Crippen LogP contribution in [-0.2, 0) is 6.42 Å². The summed E-state index contributed by atoms with van der Waals surface area (Å²) in [5.74, 6) is -3.81. The highest BCUT2D eigenvalue weighted by Gasteiger charge is 2.21. The van der Waals surface area contributed by atoms with E-state index in [1.54, 1.807) is 0 Å². The Balaban J connectivity index is 2.79. The number of carboxylic acids is 1. The maximum Gasteiger partial charge on any atom is 0.335 e. The van der Waals surface area contributed by atoms with E-state index in [2.05, 4.69) is 0 Å². The SMILES string of the molecule is CC(F)(F)Cc1ccc(C(=O)O)cc1. The van der Waals surface area contributed by atoms with Gasteiger partial charge in [-0.2, -0.15) is 0 Å². The maximum absolute atomic E-state index is 12.6. The normalized spacial score (nSPS) is 11.4. The van der Waals surface area contributed by atoms with Gasteiger partial charge in [-0.25, -0.2) is 13.6 Å². The fourth-order valence-electron chi connectivity index (χ4n) is 1.12. The van der Waals surface area contributed by atoms with Gasteiger partial charge in [0.15, 0.2) is 0 Å². The molecule has 0 atom stereocenters. The highest BCUT2D eigenvalue weighted by Crippen LogP contribution is 2.19. The molecule has 1 aromatic carbocycles. The summed E-state index contributed by atoms with van der Waals surface area (Å²) in [5.41, 5.74) is 0.538. The average Bonchev–Trinajstić information content (AvgIpc) is 2.02. The Morgan fingerprint density at radius 3 is 2.21 bits per heavy atom. The van der Waals surface area contributed by atoms with Gasteiger partial charge < -0.3 is 5.11 Å². The third kappa shape index (κ3) is 3.12. The molecule has 0 fully saturated rings. The number of hydrogen-bond donors (Lipinski definition) is 1. The molecule has 0 radical (unpaired) electrons. The molecule has 0 spiro atoms. The molecular formula is C10H10F2O2. The second-order valence-electron chi connectivity index (χ2n) is 3.25. The average molecular weight is 200 g/mol. The number of carbonyl (C=O) groups is 1. The largest absolute Gasteiger partial charge is 0.478 e. The molecule has 0 heterocycles. The summed E-state index contributed by atoms with van der Waals surface area (Å²) in [6.45, 7) is 0.831. The van der Waals surface area contributed by atoms with Gasteiger partial charge in [-0.15, -0.1) is 0 Å². The minimum absolute atomic E-state index is 0.105. The maximum atomic E-state index is 12.6. The van der Waals surface area contributed by atoms with Crippen molar-refractivity contribution in [3.05, 3.63) is 35.4 Å².